The zero-order chi connectivity index (χ0) is 18.5. The molecule has 2 saturated heterocycles. The van der Waals surface area contributed by atoms with Gasteiger partial charge in [-0.2, -0.15) is 0 Å². The highest BCUT2D eigenvalue weighted by atomic mass is 19.1. The Morgan fingerprint density at radius 3 is 2.42 bits per heavy atom. The maximum Gasteiger partial charge on any atom is 0.129 e. The van der Waals surface area contributed by atoms with E-state index in [9.17, 15) is 14.6 Å². The minimum atomic E-state index is -1.10. The van der Waals surface area contributed by atoms with E-state index in [1.165, 1.54) is 6.07 Å². The molecule has 2 bridgehead atoms. The van der Waals surface area contributed by atoms with Crippen molar-refractivity contribution >= 4 is 0 Å². The summed E-state index contributed by atoms with van der Waals surface area (Å²) in [6.45, 7) is 4.64. The van der Waals surface area contributed by atoms with E-state index < -0.39 is 5.60 Å². The Labute approximate surface area is 154 Å². The largest absolute Gasteiger partial charge is 0.507 e. The number of aromatic hydroxyl groups is 1. The number of phenols is 1. The summed E-state index contributed by atoms with van der Waals surface area (Å²) in [5.41, 5.74) is 2.30. The SMILES string of the molecule is Cc1cc(C)c(O)c(CN2[C@@H]3CC[C@@H]2CC(O)(c2ccccc2F)C3)c1. The molecule has 0 aliphatic carbocycles. The molecule has 138 valence electrons. The minimum absolute atomic E-state index is 0.207. The van der Waals surface area contributed by atoms with Gasteiger partial charge in [-0.1, -0.05) is 35.9 Å². The first-order valence-corrected chi connectivity index (χ1v) is 9.39. The van der Waals surface area contributed by atoms with Crippen LogP contribution in [0, 0.1) is 19.7 Å². The molecule has 2 atom stereocenters. The summed E-state index contributed by atoms with van der Waals surface area (Å²) < 4.78 is 14.3. The van der Waals surface area contributed by atoms with Crippen molar-refractivity contribution in [2.24, 2.45) is 0 Å². The fraction of sp³-hybridized carbons (Fsp3) is 0.455. The Morgan fingerprint density at radius 2 is 1.77 bits per heavy atom. The number of piperidine rings is 1. The fourth-order valence-corrected chi connectivity index (χ4v) is 5.00. The number of fused-ring (bicyclic) bond motifs is 2. The Hall–Kier alpha value is -1.91. The van der Waals surface area contributed by atoms with Gasteiger partial charge in [-0.05, 0) is 51.2 Å². The smallest absolute Gasteiger partial charge is 0.129 e. The second-order valence-corrected chi connectivity index (χ2v) is 8.07. The van der Waals surface area contributed by atoms with E-state index in [-0.39, 0.29) is 17.9 Å². The first-order valence-electron chi connectivity index (χ1n) is 9.39. The Morgan fingerprint density at radius 1 is 1.12 bits per heavy atom. The number of halogens is 1. The summed E-state index contributed by atoms with van der Waals surface area (Å²) in [4.78, 5) is 2.39. The maximum atomic E-state index is 14.3. The Balaban J connectivity index is 1.59. The number of rotatable bonds is 3. The topological polar surface area (TPSA) is 43.7 Å². The lowest BCUT2D eigenvalue weighted by Crippen LogP contribution is -2.49. The molecule has 3 nitrogen and oxygen atoms in total. The molecule has 2 N–H and O–H groups in total. The number of phenolic OH excluding ortho intramolecular Hbond substituents is 1. The number of aliphatic hydroxyl groups is 1. The molecule has 2 heterocycles. The van der Waals surface area contributed by atoms with Gasteiger partial charge in [-0.15, -0.1) is 0 Å². The molecule has 0 aromatic heterocycles. The van der Waals surface area contributed by atoms with Gasteiger partial charge in [0.15, 0.2) is 0 Å². The van der Waals surface area contributed by atoms with Crippen molar-refractivity contribution in [3.8, 4) is 5.75 Å². The molecule has 2 aliphatic rings. The minimum Gasteiger partial charge on any atom is -0.507 e. The third kappa shape index (κ3) is 2.91. The highest BCUT2D eigenvalue weighted by Crippen LogP contribution is 2.47. The summed E-state index contributed by atoms with van der Waals surface area (Å²) in [7, 11) is 0. The van der Waals surface area contributed by atoms with Gasteiger partial charge in [0.05, 0.1) is 5.60 Å². The number of hydrogen-bond acceptors (Lipinski definition) is 3. The zero-order valence-corrected chi connectivity index (χ0v) is 15.4. The first kappa shape index (κ1) is 17.5. The lowest BCUT2D eigenvalue weighted by molar-refractivity contribution is -0.0616. The van der Waals surface area contributed by atoms with Gasteiger partial charge >= 0.3 is 0 Å². The summed E-state index contributed by atoms with van der Waals surface area (Å²) in [5.74, 6) is 0.0414. The van der Waals surface area contributed by atoms with E-state index in [0.717, 1.165) is 29.5 Å². The van der Waals surface area contributed by atoms with Crippen molar-refractivity contribution in [1.29, 1.82) is 0 Å². The van der Waals surface area contributed by atoms with E-state index in [0.29, 0.717) is 30.7 Å². The quantitative estimate of drug-likeness (QED) is 0.869. The average Bonchev–Trinajstić information content (AvgIpc) is 2.83. The van der Waals surface area contributed by atoms with Crippen LogP contribution in [0.2, 0.25) is 0 Å². The second-order valence-electron chi connectivity index (χ2n) is 8.07. The lowest BCUT2D eigenvalue weighted by Gasteiger charge is -2.44. The van der Waals surface area contributed by atoms with Crippen molar-refractivity contribution in [1.82, 2.24) is 4.90 Å². The van der Waals surface area contributed by atoms with Crippen LogP contribution in [-0.4, -0.2) is 27.2 Å². The Kier molecular flexibility index (Phi) is 4.28. The maximum absolute atomic E-state index is 14.3. The normalized spacial score (nSPS) is 28.5. The van der Waals surface area contributed by atoms with Crippen LogP contribution in [0.15, 0.2) is 36.4 Å². The number of aryl methyl sites for hydroxylation is 2. The highest BCUT2D eigenvalue weighted by molar-refractivity contribution is 5.42. The van der Waals surface area contributed by atoms with Gasteiger partial charge in [0.2, 0.25) is 0 Å². The van der Waals surface area contributed by atoms with Gasteiger partial charge in [0, 0.05) is 29.8 Å². The van der Waals surface area contributed by atoms with Crippen LogP contribution in [0.25, 0.3) is 0 Å². The van der Waals surface area contributed by atoms with Gasteiger partial charge in [0.25, 0.3) is 0 Å². The third-order valence-corrected chi connectivity index (χ3v) is 6.17. The first-order chi connectivity index (χ1) is 12.4. The van der Waals surface area contributed by atoms with Gasteiger partial charge < -0.3 is 10.2 Å². The van der Waals surface area contributed by atoms with Crippen LogP contribution in [0.3, 0.4) is 0 Å². The molecule has 4 heteroatoms. The summed E-state index contributed by atoms with van der Waals surface area (Å²) in [6, 6.07) is 11.0. The average molecular weight is 355 g/mol. The standard InChI is InChI=1S/C22H26FNO2/c1-14-9-15(2)21(25)16(10-14)13-24-17-7-8-18(24)12-22(26,11-17)19-5-3-4-6-20(19)23/h3-6,9-10,17-18,25-26H,7-8,11-13H2,1-2H3/t17-,18-/m1/s1. The van der Waals surface area contributed by atoms with E-state index in [1.807, 2.05) is 26.0 Å². The molecular formula is C22H26FNO2. The van der Waals surface area contributed by atoms with Crippen molar-refractivity contribution in [3.05, 3.63) is 64.5 Å². The van der Waals surface area contributed by atoms with Crippen LogP contribution in [0.5, 0.6) is 5.75 Å². The number of hydrogen-bond donors (Lipinski definition) is 2. The highest BCUT2D eigenvalue weighted by Gasteiger charge is 2.49. The monoisotopic (exact) mass is 355 g/mol. The molecular weight excluding hydrogens is 329 g/mol. The van der Waals surface area contributed by atoms with E-state index >= 15 is 0 Å². The van der Waals surface area contributed by atoms with Crippen LogP contribution in [-0.2, 0) is 12.1 Å². The van der Waals surface area contributed by atoms with Crippen molar-refractivity contribution < 1.29 is 14.6 Å². The van der Waals surface area contributed by atoms with Gasteiger partial charge in [-0.25, -0.2) is 4.39 Å². The summed E-state index contributed by atoms with van der Waals surface area (Å²) in [6.07, 6.45) is 3.09. The van der Waals surface area contributed by atoms with Crippen LogP contribution in [0.1, 0.15) is 47.9 Å². The van der Waals surface area contributed by atoms with E-state index in [2.05, 4.69) is 4.90 Å². The molecule has 2 aliphatic heterocycles. The summed E-state index contributed by atoms with van der Waals surface area (Å²) >= 11 is 0. The van der Waals surface area contributed by atoms with E-state index in [1.54, 1.807) is 18.2 Å². The molecule has 0 spiro atoms. The Bertz CT molecular complexity index is 821. The molecule has 0 amide bonds. The van der Waals surface area contributed by atoms with Crippen molar-refractivity contribution in [3.63, 3.8) is 0 Å². The molecule has 4 rings (SSSR count). The molecule has 0 radical (unpaired) electrons. The van der Waals surface area contributed by atoms with Crippen LogP contribution >= 0.6 is 0 Å². The number of benzene rings is 2. The van der Waals surface area contributed by atoms with Gasteiger partial charge in [0.1, 0.15) is 11.6 Å². The third-order valence-electron chi connectivity index (χ3n) is 6.17. The molecule has 26 heavy (non-hydrogen) atoms. The van der Waals surface area contributed by atoms with Crippen molar-refractivity contribution in [2.75, 3.05) is 0 Å². The van der Waals surface area contributed by atoms with Crippen LogP contribution in [0.4, 0.5) is 4.39 Å². The predicted octanol–water partition coefficient (Wildman–Crippen LogP) is 4.16. The molecule has 2 aromatic carbocycles. The fourth-order valence-electron chi connectivity index (χ4n) is 5.00. The summed E-state index contributed by atoms with van der Waals surface area (Å²) in [5, 5.41) is 21.7. The molecule has 0 saturated carbocycles. The number of nitrogens with zero attached hydrogens (tertiary/aromatic N) is 1. The molecule has 2 aromatic rings. The predicted molar refractivity (Wildman–Crippen MR) is 99.5 cm³/mol. The van der Waals surface area contributed by atoms with E-state index in [4.69, 9.17) is 0 Å². The van der Waals surface area contributed by atoms with Crippen molar-refractivity contribution in [2.45, 2.75) is 63.8 Å². The molecule has 2 fully saturated rings. The second kappa shape index (κ2) is 6.36. The molecule has 0 unspecified atom stereocenters. The zero-order valence-electron chi connectivity index (χ0n) is 15.4. The van der Waals surface area contributed by atoms with Crippen LogP contribution < -0.4 is 0 Å². The lowest BCUT2D eigenvalue weighted by atomic mass is 9.80. The van der Waals surface area contributed by atoms with Gasteiger partial charge in [-0.3, -0.25) is 4.90 Å².